The van der Waals surface area contributed by atoms with E-state index in [4.69, 9.17) is 4.74 Å². The van der Waals surface area contributed by atoms with Gasteiger partial charge in [-0.3, -0.25) is 4.79 Å². The first-order valence-corrected chi connectivity index (χ1v) is 9.20. The van der Waals surface area contributed by atoms with Gasteiger partial charge in [0.25, 0.3) is 5.91 Å². The molecule has 0 atom stereocenters. The first-order chi connectivity index (χ1) is 14.5. The molecule has 7 heteroatoms. The molecule has 0 unspecified atom stereocenters. The fraction of sp³-hybridized carbons (Fsp3) is 0.0870. The van der Waals surface area contributed by atoms with Crippen molar-refractivity contribution in [3.63, 3.8) is 0 Å². The van der Waals surface area contributed by atoms with Crippen LogP contribution in [0.4, 0.5) is 10.1 Å². The van der Waals surface area contributed by atoms with E-state index in [1.54, 1.807) is 24.3 Å². The number of benzene rings is 3. The van der Waals surface area contributed by atoms with Crippen LogP contribution in [0.25, 0.3) is 0 Å². The Kier molecular flexibility index (Phi) is 6.89. The second kappa shape index (κ2) is 9.97. The Balaban J connectivity index is 1.51. The van der Waals surface area contributed by atoms with Gasteiger partial charge in [-0.25, -0.2) is 14.6 Å². The van der Waals surface area contributed by atoms with Gasteiger partial charge in [0.1, 0.15) is 11.6 Å². The normalized spacial score (nSPS) is 10.6. The van der Waals surface area contributed by atoms with Crippen molar-refractivity contribution in [2.75, 3.05) is 11.9 Å². The lowest BCUT2D eigenvalue weighted by Crippen LogP contribution is -2.25. The summed E-state index contributed by atoms with van der Waals surface area (Å²) in [4.78, 5) is 24.0. The van der Waals surface area contributed by atoms with Crippen molar-refractivity contribution in [2.24, 2.45) is 5.10 Å². The predicted molar refractivity (Wildman–Crippen MR) is 113 cm³/mol. The molecule has 3 aromatic rings. The summed E-state index contributed by atoms with van der Waals surface area (Å²) in [7, 11) is 0. The molecular weight excluding hydrogens is 385 g/mol. The minimum atomic E-state index is -0.668. The van der Waals surface area contributed by atoms with Gasteiger partial charge >= 0.3 is 5.97 Å². The number of hydrazone groups is 1. The number of ether oxygens (including phenoxy) is 1. The largest absolute Gasteiger partial charge is 0.423 e. The van der Waals surface area contributed by atoms with Crippen molar-refractivity contribution in [2.45, 2.75) is 6.92 Å². The highest BCUT2D eigenvalue weighted by Gasteiger charge is 2.09. The van der Waals surface area contributed by atoms with E-state index in [0.717, 1.165) is 17.3 Å². The summed E-state index contributed by atoms with van der Waals surface area (Å²) in [5.41, 5.74) is 5.13. The molecule has 30 heavy (non-hydrogen) atoms. The fourth-order valence-corrected chi connectivity index (χ4v) is 2.51. The Bertz CT molecular complexity index is 1070. The molecule has 3 rings (SSSR count). The molecule has 0 aliphatic rings. The quantitative estimate of drug-likeness (QED) is 0.270. The highest BCUT2D eigenvalue weighted by atomic mass is 19.1. The van der Waals surface area contributed by atoms with Gasteiger partial charge in [-0.15, -0.1) is 0 Å². The van der Waals surface area contributed by atoms with Crippen molar-refractivity contribution in [3.05, 3.63) is 95.3 Å². The van der Waals surface area contributed by atoms with E-state index in [2.05, 4.69) is 15.8 Å². The summed E-state index contributed by atoms with van der Waals surface area (Å²) in [6.07, 6.45) is 1.43. The third-order valence-corrected chi connectivity index (χ3v) is 4.04. The summed E-state index contributed by atoms with van der Waals surface area (Å²) in [5, 5.41) is 6.90. The Morgan fingerprint density at radius 1 is 1.03 bits per heavy atom. The number of nitrogens with zero attached hydrogens (tertiary/aromatic N) is 1. The number of hydrogen-bond acceptors (Lipinski definition) is 5. The molecule has 0 heterocycles. The van der Waals surface area contributed by atoms with E-state index < -0.39 is 11.8 Å². The molecule has 0 saturated heterocycles. The van der Waals surface area contributed by atoms with Gasteiger partial charge in [-0.2, -0.15) is 5.10 Å². The number of esters is 1. The predicted octanol–water partition coefficient (Wildman–Crippen LogP) is 3.92. The Morgan fingerprint density at radius 2 is 1.80 bits per heavy atom. The molecule has 0 saturated carbocycles. The highest BCUT2D eigenvalue weighted by Crippen LogP contribution is 2.15. The van der Waals surface area contributed by atoms with E-state index in [9.17, 15) is 14.0 Å². The molecule has 0 spiro atoms. The van der Waals surface area contributed by atoms with Crippen LogP contribution in [0.1, 0.15) is 21.5 Å². The molecule has 0 fully saturated rings. The van der Waals surface area contributed by atoms with E-state index in [1.807, 2.05) is 31.2 Å². The van der Waals surface area contributed by atoms with Gasteiger partial charge in [0.15, 0.2) is 0 Å². The van der Waals surface area contributed by atoms with Crippen LogP contribution in [0.15, 0.2) is 77.9 Å². The smallest absolute Gasteiger partial charge is 0.343 e. The molecule has 0 aromatic heterocycles. The monoisotopic (exact) mass is 405 g/mol. The zero-order valence-corrected chi connectivity index (χ0v) is 16.3. The van der Waals surface area contributed by atoms with E-state index in [1.165, 1.54) is 24.4 Å². The van der Waals surface area contributed by atoms with Crippen molar-refractivity contribution < 1.29 is 18.7 Å². The topological polar surface area (TPSA) is 79.8 Å². The standard InChI is InChI=1S/C23H20FN3O3/c1-16-8-10-20(11-9-16)25-15-22(28)27-26-14-17-4-2-7-21(12-17)30-23(29)18-5-3-6-19(24)13-18/h2-14,25H,15H2,1H3,(H,27,28)/b26-14-. The third kappa shape index (κ3) is 6.27. The average molecular weight is 405 g/mol. The molecule has 6 nitrogen and oxygen atoms in total. The number of halogens is 1. The van der Waals surface area contributed by atoms with Crippen LogP contribution in [-0.4, -0.2) is 24.6 Å². The molecule has 3 aromatic carbocycles. The van der Waals surface area contributed by atoms with Crippen LogP contribution in [0.5, 0.6) is 5.75 Å². The molecule has 152 valence electrons. The Labute approximate surface area is 173 Å². The Hall–Kier alpha value is -4.00. The maximum atomic E-state index is 13.2. The van der Waals surface area contributed by atoms with Gasteiger partial charge in [0, 0.05) is 5.69 Å². The SMILES string of the molecule is Cc1ccc(NCC(=O)N/N=C\c2cccc(OC(=O)c3cccc(F)c3)c2)cc1. The van der Waals surface area contributed by atoms with Gasteiger partial charge in [-0.05, 0) is 55.0 Å². The number of anilines is 1. The van der Waals surface area contributed by atoms with Gasteiger partial charge in [0.2, 0.25) is 0 Å². The van der Waals surface area contributed by atoms with Crippen LogP contribution < -0.4 is 15.5 Å². The first kappa shape index (κ1) is 20.7. The number of nitrogens with one attached hydrogen (secondary N) is 2. The summed E-state index contributed by atoms with van der Waals surface area (Å²) >= 11 is 0. The summed E-state index contributed by atoms with van der Waals surface area (Å²) in [6.45, 7) is 2.06. The molecular formula is C23H20FN3O3. The van der Waals surface area contributed by atoms with Crippen molar-refractivity contribution >= 4 is 23.8 Å². The molecule has 1 amide bonds. The maximum Gasteiger partial charge on any atom is 0.343 e. The second-order valence-electron chi connectivity index (χ2n) is 6.49. The van der Waals surface area contributed by atoms with Crippen LogP contribution >= 0.6 is 0 Å². The lowest BCUT2D eigenvalue weighted by Gasteiger charge is -2.06. The first-order valence-electron chi connectivity index (χ1n) is 9.20. The van der Waals surface area contributed by atoms with Crippen LogP contribution in [0.2, 0.25) is 0 Å². The fourth-order valence-electron chi connectivity index (χ4n) is 2.51. The van der Waals surface area contributed by atoms with Crippen LogP contribution in [0, 0.1) is 12.7 Å². The lowest BCUT2D eigenvalue weighted by atomic mass is 10.2. The molecule has 0 aliphatic heterocycles. The van der Waals surface area contributed by atoms with Gasteiger partial charge in [0.05, 0.1) is 18.3 Å². The molecule has 0 bridgehead atoms. The minimum Gasteiger partial charge on any atom is -0.423 e. The van der Waals surface area contributed by atoms with Crippen LogP contribution in [0.3, 0.4) is 0 Å². The number of amides is 1. The second-order valence-corrected chi connectivity index (χ2v) is 6.49. The maximum absolute atomic E-state index is 13.2. The Morgan fingerprint density at radius 3 is 2.57 bits per heavy atom. The van der Waals surface area contributed by atoms with Crippen molar-refractivity contribution in [1.29, 1.82) is 0 Å². The highest BCUT2D eigenvalue weighted by molar-refractivity contribution is 5.91. The average Bonchev–Trinajstić information content (AvgIpc) is 2.73. The van der Waals surface area contributed by atoms with Gasteiger partial charge in [-0.1, -0.05) is 35.9 Å². The number of carbonyl (C=O) groups is 2. The summed E-state index contributed by atoms with van der Waals surface area (Å²) < 4.78 is 18.5. The zero-order valence-electron chi connectivity index (χ0n) is 16.3. The number of carbonyl (C=O) groups excluding carboxylic acids is 2. The number of rotatable bonds is 7. The zero-order chi connectivity index (χ0) is 21.3. The van der Waals surface area contributed by atoms with Crippen molar-refractivity contribution in [1.82, 2.24) is 5.43 Å². The molecule has 2 N–H and O–H groups in total. The molecule has 0 aliphatic carbocycles. The lowest BCUT2D eigenvalue weighted by molar-refractivity contribution is -0.119. The van der Waals surface area contributed by atoms with Crippen molar-refractivity contribution in [3.8, 4) is 5.75 Å². The molecule has 0 radical (unpaired) electrons. The summed E-state index contributed by atoms with van der Waals surface area (Å²) in [5.74, 6) is -1.21. The van der Waals surface area contributed by atoms with Crippen LogP contribution in [-0.2, 0) is 4.79 Å². The van der Waals surface area contributed by atoms with E-state index in [0.29, 0.717) is 5.56 Å². The van der Waals surface area contributed by atoms with E-state index >= 15 is 0 Å². The minimum absolute atomic E-state index is 0.0751. The number of hydrogen-bond donors (Lipinski definition) is 2. The third-order valence-electron chi connectivity index (χ3n) is 4.04. The van der Waals surface area contributed by atoms with Gasteiger partial charge < -0.3 is 10.1 Å². The number of aryl methyl sites for hydroxylation is 1. The van der Waals surface area contributed by atoms with E-state index in [-0.39, 0.29) is 23.8 Å². The summed E-state index contributed by atoms with van der Waals surface area (Å²) in [6, 6.07) is 19.5.